The zero-order chi connectivity index (χ0) is 16.1. The molecule has 120 valence electrons. The normalized spacial score (nSPS) is 16.7. The molecule has 22 heavy (non-hydrogen) atoms. The monoisotopic (exact) mass is 303 g/mol. The molecule has 1 aliphatic heterocycles. The van der Waals surface area contributed by atoms with Gasteiger partial charge in [-0.15, -0.1) is 0 Å². The van der Waals surface area contributed by atoms with E-state index in [0.717, 1.165) is 5.56 Å². The van der Waals surface area contributed by atoms with Crippen molar-refractivity contribution in [1.82, 2.24) is 9.80 Å². The molecule has 1 aromatic carbocycles. The summed E-state index contributed by atoms with van der Waals surface area (Å²) in [7, 11) is 0. The van der Waals surface area contributed by atoms with Crippen LogP contribution in [0.3, 0.4) is 0 Å². The molecule has 1 atom stereocenters. The molecule has 0 aromatic heterocycles. The van der Waals surface area contributed by atoms with Gasteiger partial charge in [-0.3, -0.25) is 9.59 Å². The minimum absolute atomic E-state index is 0.00311. The van der Waals surface area contributed by atoms with Crippen molar-refractivity contribution in [3.05, 3.63) is 35.9 Å². The van der Waals surface area contributed by atoms with Crippen molar-refractivity contribution in [3.8, 4) is 0 Å². The number of piperazine rings is 1. The smallest absolute Gasteiger partial charge is 0.231 e. The molecule has 1 fully saturated rings. The lowest BCUT2D eigenvalue weighted by atomic mass is 9.97. The molecular formula is C17H25N3O2. The summed E-state index contributed by atoms with van der Waals surface area (Å²) in [6.45, 7) is 6.48. The quantitative estimate of drug-likeness (QED) is 0.904. The molecule has 1 unspecified atom stereocenters. The van der Waals surface area contributed by atoms with Crippen LogP contribution in [0.15, 0.2) is 30.3 Å². The summed E-state index contributed by atoms with van der Waals surface area (Å²) in [5, 5.41) is 0. The van der Waals surface area contributed by atoms with E-state index >= 15 is 0 Å². The zero-order valence-electron chi connectivity index (χ0n) is 13.4. The van der Waals surface area contributed by atoms with E-state index in [1.54, 1.807) is 0 Å². The Labute approximate surface area is 132 Å². The molecule has 1 aromatic rings. The first kappa shape index (κ1) is 16.5. The van der Waals surface area contributed by atoms with Gasteiger partial charge in [-0.2, -0.15) is 0 Å². The van der Waals surface area contributed by atoms with Gasteiger partial charge in [-0.1, -0.05) is 44.2 Å². The number of carbonyl (C=O) groups excluding carboxylic acids is 2. The first-order valence-electron chi connectivity index (χ1n) is 7.87. The first-order valence-corrected chi connectivity index (χ1v) is 7.87. The van der Waals surface area contributed by atoms with E-state index < -0.39 is 0 Å². The number of carbonyl (C=O) groups is 2. The highest BCUT2D eigenvalue weighted by Crippen LogP contribution is 2.18. The van der Waals surface area contributed by atoms with Crippen molar-refractivity contribution in [2.45, 2.75) is 19.8 Å². The molecule has 0 radical (unpaired) electrons. The SMILES string of the molecule is CC(C)C(=O)N1CCN(C(=O)C(CN)c2ccccc2)CC1. The minimum atomic E-state index is -0.298. The lowest BCUT2D eigenvalue weighted by molar-refractivity contribution is -0.142. The fourth-order valence-electron chi connectivity index (χ4n) is 2.80. The highest BCUT2D eigenvalue weighted by Gasteiger charge is 2.29. The Morgan fingerprint density at radius 1 is 1.00 bits per heavy atom. The lowest BCUT2D eigenvalue weighted by Gasteiger charge is -2.37. The molecule has 0 bridgehead atoms. The van der Waals surface area contributed by atoms with E-state index in [9.17, 15) is 9.59 Å². The van der Waals surface area contributed by atoms with E-state index in [1.807, 2.05) is 54.0 Å². The lowest BCUT2D eigenvalue weighted by Crippen LogP contribution is -2.53. The molecule has 0 aliphatic carbocycles. The number of benzene rings is 1. The van der Waals surface area contributed by atoms with Crippen LogP contribution in [-0.2, 0) is 9.59 Å². The van der Waals surface area contributed by atoms with Crippen molar-refractivity contribution in [2.24, 2.45) is 11.7 Å². The predicted octanol–water partition coefficient (Wildman–Crippen LogP) is 1.06. The van der Waals surface area contributed by atoms with Crippen molar-refractivity contribution in [1.29, 1.82) is 0 Å². The molecule has 2 rings (SSSR count). The van der Waals surface area contributed by atoms with Crippen LogP contribution >= 0.6 is 0 Å². The number of hydrogen-bond donors (Lipinski definition) is 1. The van der Waals surface area contributed by atoms with Gasteiger partial charge in [0.15, 0.2) is 0 Å². The average Bonchev–Trinajstić information content (AvgIpc) is 2.56. The molecular weight excluding hydrogens is 278 g/mol. The third kappa shape index (κ3) is 3.65. The third-order valence-electron chi connectivity index (χ3n) is 4.13. The Bertz CT molecular complexity index is 508. The second-order valence-electron chi connectivity index (χ2n) is 6.00. The van der Waals surface area contributed by atoms with Gasteiger partial charge in [-0.25, -0.2) is 0 Å². The second-order valence-corrected chi connectivity index (χ2v) is 6.00. The maximum Gasteiger partial charge on any atom is 0.231 e. The van der Waals surface area contributed by atoms with Crippen LogP contribution in [0.25, 0.3) is 0 Å². The predicted molar refractivity (Wildman–Crippen MR) is 86.2 cm³/mol. The molecule has 1 aliphatic rings. The molecule has 1 saturated heterocycles. The maximum atomic E-state index is 12.7. The number of nitrogens with zero attached hydrogens (tertiary/aromatic N) is 2. The van der Waals surface area contributed by atoms with Gasteiger partial charge in [0.2, 0.25) is 11.8 Å². The number of rotatable bonds is 4. The van der Waals surface area contributed by atoms with Crippen LogP contribution in [0, 0.1) is 5.92 Å². The van der Waals surface area contributed by atoms with Gasteiger partial charge >= 0.3 is 0 Å². The summed E-state index contributed by atoms with van der Waals surface area (Å²) in [5.41, 5.74) is 6.77. The fourth-order valence-corrected chi connectivity index (χ4v) is 2.80. The van der Waals surface area contributed by atoms with Crippen LogP contribution in [0.1, 0.15) is 25.3 Å². The summed E-state index contributed by atoms with van der Waals surface area (Å²) < 4.78 is 0. The molecule has 1 heterocycles. The van der Waals surface area contributed by atoms with Crippen molar-refractivity contribution < 1.29 is 9.59 Å². The van der Waals surface area contributed by atoms with E-state index in [4.69, 9.17) is 5.73 Å². The van der Waals surface area contributed by atoms with Crippen molar-refractivity contribution in [2.75, 3.05) is 32.7 Å². The topological polar surface area (TPSA) is 66.6 Å². The molecule has 2 N–H and O–H groups in total. The van der Waals surface area contributed by atoms with Crippen LogP contribution in [0.2, 0.25) is 0 Å². The van der Waals surface area contributed by atoms with Crippen LogP contribution in [0.4, 0.5) is 0 Å². The summed E-state index contributed by atoms with van der Waals surface area (Å²) in [5.74, 6) is -0.0761. The second kappa shape index (κ2) is 7.40. The van der Waals surface area contributed by atoms with Gasteiger partial charge < -0.3 is 15.5 Å². The Kier molecular flexibility index (Phi) is 5.55. The Morgan fingerprint density at radius 3 is 1.95 bits per heavy atom. The van der Waals surface area contributed by atoms with Crippen molar-refractivity contribution in [3.63, 3.8) is 0 Å². The molecule has 2 amide bonds. The fraction of sp³-hybridized carbons (Fsp3) is 0.529. The number of nitrogens with two attached hydrogens (primary N) is 1. The van der Waals surface area contributed by atoms with Crippen LogP contribution in [0.5, 0.6) is 0 Å². The van der Waals surface area contributed by atoms with E-state index in [2.05, 4.69) is 0 Å². The largest absolute Gasteiger partial charge is 0.339 e. The molecule has 0 spiro atoms. The Hall–Kier alpha value is -1.88. The molecule has 0 saturated carbocycles. The highest BCUT2D eigenvalue weighted by atomic mass is 16.2. The number of amides is 2. The van der Waals surface area contributed by atoms with E-state index in [-0.39, 0.29) is 23.7 Å². The molecule has 5 nitrogen and oxygen atoms in total. The minimum Gasteiger partial charge on any atom is -0.339 e. The summed E-state index contributed by atoms with van der Waals surface area (Å²) >= 11 is 0. The van der Waals surface area contributed by atoms with Crippen molar-refractivity contribution >= 4 is 11.8 Å². The van der Waals surface area contributed by atoms with Crippen LogP contribution in [-0.4, -0.2) is 54.3 Å². The average molecular weight is 303 g/mol. The number of hydrogen-bond acceptors (Lipinski definition) is 3. The van der Waals surface area contributed by atoms with E-state index in [1.165, 1.54) is 0 Å². The van der Waals surface area contributed by atoms with Gasteiger partial charge in [0.25, 0.3) is 0 Å². The highest BCUT2D eigenvalue weighted by molar-refractivity contribution is 5.84. The summed E-state index contributed by atoms with van der Waals surface area (Å²) in [4.78, 5) is 28.3. The molecule has 5 heteroatoms. The Balaban J connectivity index is 1.98. The third-order valence-corrected chi connectivity index (χ3v) is 4.13. The van der Waals surface area contributed by atoms with Gasteiger partial charge in [0.05, 0.1) is 5.92 Å². The maximum absolute atomic E-state index is 12.7. The Morgan fingerprint density at radius 2 is 1.50 bits per heavy atom. The summed E-state index contributed by atoms with van der Waals surface area (Å²) in [6.07, 6.45) is 0. The van der Waals surface area contributed by atoms with Crippen LogP contribution < -0.4 is 5.73 Å². The van der Waals surface area contributed by atoms with Gasteiger partial charge in [0.1, 0.15) is 0 Å². The standard InChI is InChI=1S/C17H25N3O2/c1-13(2)16(21)19-8-10-20(11-9-19)17(22)15(12-18)14-6-4-3-5-7-14/h3-7,13,15H,8-12,18H2,1-2H3. The van der Waals surface area contributed by atoms with Gasteiger partial charge in [0, 0.05) is 38.6 Å². The summed E-state index contributed by atoms with van der Waals surface area (Å²) in [6, 6.07) is 9.65. The van der Waals surface area contributed by atoms with Gasteiger partial charge in [-0.05, 0) is 5.56 Å². The van der Waals surface area contributed by atoms with E-state index in [0.29, 0.717) is 32.7 Å². The first-order chi connectivity index (χ1) is 10.5. The zero-order valence-corrected chi connectivity index (χ0v) is 13.4.